The van der Waals surface area contributed by atoms with Crippen LogP contribution in [0.4, 0.5) is 0 Å². The number of ketones is 1. The zero-order chi connectivity index (χ0) is 24.6. The molecular weight excluding hydrogens is 452 g/mol. The number of piperidine rings is 1. The van der Waals surface area contributed by atoms with Crippen molar-refractivity contribution in [2.45, 2.75) is 70.2 Å². The molecule has 7 nitrogen and oxygen atoms in total. The second-order valence-electron chi connectivity index (χ2n) is 9.82. The standard InChI is InChI=1S/C26H34N2O5S/c1-17(2)20-5-9-23(10-6-20)34(31,32)27-13-11-21(12-14-27)26(30)33-16-25(29)24-15-18(3)28(19(24)4)22-7-8-22/h5-6,9-10,15,17,21-22H,7-8,11-14,16H2,1-4H3. The van der Waals surface area contributed by atoms with Crippen LogP contribution in [0.1, 0.15) is 78.8 Å². The van der Waals surface area contributed by atoms with Gasteiger partial charge in [-0.15, -0.1) is 0 Å². The zero-order valence-electron chi connectivity index (χ0n) is 20.4. The minimum Gasteiger partial charge on any atom is -0.457 e. The van der Waals surface area contributed by atoms with Gasteiger partial charge in [-0.3, -0.25) is 9.59 Å². The van der Waals surface area contributed by atoms with Crippen molar-refractivity contribution < 1.29 is 22.7 Å². The molecule has 2 heterocycles. The number of rotatable bonds is 8. The van der Waals surface area contributed by atoms with Gasteiger partial charge in [-0.05, 0) is 69.2 Å². The molecule has 0 radical (unpaired) electrons. The van der Waals surface area contributed by atoms with E-state index >= 15 is 0 Å². The van der Waals surface area contributed by atoms with E-state index in [0.717, 1.165) is 29.8 Å². The summed E-state index contributed by atoms with van der Waals surface area (Å²) < 4.78 is 35.0. The van der Waals surface area contributed by atoms with Crippen molar-refractivity contribution in [3.8, 4) is 0 Å². The highest BCUT2D eigenvalue weighted by atomic mass is 32.2. The first-order valence-corrected chi connectivity index (χ1v) is 13.5. The summed E-state index contributed by atoms with van der Waals surface area (Å²) in [6, 6.07) is 9.36. The Labute approximate surface area is 202 Å². The molecule has 0 bridgehead atoms. The molecule has 1 aliphatic carbocycles. The molecule has 1 saturated heterocycles. The van der Waals surface area contributed by atoms with Crippen LogP contribution in [-0.4, -0.2) is 48.7 Å². The molecule has 1 aliphatic heterocycles. The molecule has 2 aromatic rings. The van der Waals surface area contributed by atoms with Gasteiger partial charge in [-0.2, -0.15) is 4.31 Å². The first kappa shape index (κ1) is 24.7. The molecule has 34 heavy (non-hydrogen) atoms. The van der Waals surface area contributed by atoms with E-state index in [2.05, 4.69) is 18.4 Å². The summed E-state index contributed by atoms with van der Waals surface area (Å²) in [5.74, 6) is -0.696. The van der Waals surface area contributed by atoms with Crippen LogP contribution in [0.25, 0.3) is 0 Å². The Morgan fingerprint density at radius 3 is 2.21 bits per heavy atom. The summed E-state index contributed by atoms with van der Waals surface area (Å²) in [6.45, 7) is 8.28. The third kappa shape index (κ3) is 4.98. The smallest absolute Gasteiger partial charge is 0.309 e. The van der Waals surface area contributed by atoms with Crippen LogP contribution >= 0.6 is 0 Å². The van der Waals surface area contributed by atoms with Gasteiger partial charge in [0.2, 0.25) is 15.8 Å². The number of benzene rings is 1. The molecule has 8 heteroatoms. The average molecular weight is 487 g/mol. The lowest BCUT2D eigenvalue weighted by Crippen LogP contribution is -2.40. The minimum absolute atomic E-state index is 0.196. The van der Waals surface area contributed by atoms with Gasteiger partial charge in [-0.1, -0.05) is 26.0 Å². The number of nitrogens with zero attached hydrogens (tertiary/aromatic N) is 2. The zero-order valence-corrected chi connectivity index (χ0v) is 21.2. The Morgan fingerprint density at radius 2 is 1.65 bits per heavy atom. The first-order chi connectivity index (χ1) is 16.1. The Kier molecular flexibility index (Phi) is 7.01. The topological polar surface area (TPSA) is 85.7 Å². The van der Waals surface area contributed by atoms with E-state index in [1.54, 1.807) is 12.1 Å². The molecular formula is C26H34N2O5S. The highest BCUT2D eigenvalue weighted by Crippen LogP contribution is 2.38. The largest absolute Gasteiger partial charge is 0.457 e. The van der Waals surface area contributed by atoms with Crippen molar-refractivity contribution in [1.29, 1.82) is 0 Å². The predicted octanol–water partition coefficient (Wildman–Crippen LogP) is 4.39. The lowest BCUT2D eigenvalue weighted by atomic mass is 9.98. The fourth-order valence-corrected chi connectivity index (χ4v) is 6.26. The lowest BCUT2D eigenvalue weighted by Gasteiger charge is -2.30. The second kappa shape index (κ2) is 9.66. The third-order valence-corrected chi connectivity index (χ3v) is 8.93. The highest BCUT2D eigenvalue weighted by molar-refractivity contribution is 7.89. The van der Waals surface area contributed by atoms with Crippen molar-refractivity contribution in [2.24, 2.45) is 5.92 Å². The van der Waals surface area contributed by atoms with E-state index in [4.69, 9.17) is 4.74 Å². The number of hydrogen-bond acceptors (Lipinski definition) is 5. The average Bonchev–Trinajstić information content (AvgIpc) is 3.61. The van der Waals surface area contributed by atoms with E-state index in [1.165, 1.54) is 4.31 Å². The molecule has 0 N–H and O–H groups in total. The van der Waals surface area contributed by atoms with Gasteiger partial charge in [0.25, 0.3) is 0 Å². The number of aryl methyl sites for hydroxylation is 1. The van der Waals surface area contributed by atoms with Crippen LogP contribution in [0, 0.1) is 19.8 Å². The fraction of sp³-hybridized carbons (Fsp3) is 0.538. The first-order valence-electron chi connectivity index (χ1n) is 12.1. The van der Waals surface area contributed by atoms with Crippen LogP contribution in [0.2, 0.25) is 0 Å². The molecule has 2 aliphatic rings. The molecule has 0 spiro atoms. The molecule has 4 rings (SSSR count). The molecule has 1 aromatic carbocycles. The molecule has 1 aromatic heterocycles. The van der Waals surface area contributed by atoms with Crippen LogP contribution in [0.5, 0.6) is 0 Å². The lowest BCUT2D eigenvalue weighted by molar-refractivity contribution is -0.148. The highest BCUT2D eigenvalue weighted by Gasteiger charge is 2.33. The third-order valence-electron chi connectivity index (χ3n) is 7.01. The number of carbonyl (C=O) groups is 2. The van der Waals surface area contributed by atoms with Crippen molar-refractivity contribution in [3.05, 3.63) is 52.8 Å². The number of hydrogen-bond donors (Lipinski definition) is 0. The Balaban J connectivity index is 1.30. The van der Waals surface area contributed by atoms with E-state index < -0.39 is 21.9 Å². The Hall–Kier alpha value is -2.45. The number of sulfonamides is 1. The maximum atomic E-state index is 13.0. The van der Waals surface area contributed by atoms with E-state index in [9.17, 15) is 18.0 Å². The quantitative estimate of drug-likeness (QED) is 0.408. The van der Waals surface area contributed by atoms with E-state index in [0.29, 0.717) is 30.4 Å². The summed E-state index contributed by atoms with van der Waals surface area (Å²) in [7, 11) is -3.60. The van der Waals surface area contributed by atoms with Gasteiger partial charge in [0.05, 0.1) is 10.8 Å². The summed E-state index contributed by atoms with van der Waals surface area (Å²) >= 11 is 0. The van der Waals surface area contributed by atoms with Gasteiger partial charge >= 0.3 is 5.97 Å². The number of Topliss-reactive ketones (excluding diaryl/α,β-unsaturated/α-hetero) is 1. The fourth-order valence-electron chi connectivity index (χ4n) is 4.79. The summed E-state index contributed by atoms with van der Waals surface area (Å²) in [4.78, 5) is 25.5. The molecule has 2 fully saturated rings. The van der Waals surface area contributed by atoms with Crippen LogP contribution < -0.4 is 0 Å². The monoisotopic (exact) mass is 486 g/mol. The van der Waals surface area contributed by atoms with Gasteiger partial charge in [0, 0.05) is 36.1 Å². The van der Waals surface area contributed by atoms with E-state index in [-0.39, 0.29) is 30.4 Å². The van der Waals surface area contributed by atoms with Crippen molar-refractivity contribution >= 4 is 21.8 Å². The van der Waals surface area contributed by atoms with Gasteiger partial charge in [0.1, 0.15) is 0 Å². The maximum absolute atomic E-state index is 13.0. The molecule has 0 amide bonds. The molecule has 0 atom stereocenters. The van der Waals surface area contributed by atoms with Crippen LogP contribution in [-0.2, 0) is 19.6 Å². The van der Waals surface area contributed by atoms with Crippen molar-refractivity contribution in [3.63, 3.8) is 0 Å². The summed E-state index contributed by atoms with van der Waals surface area (Å²) in [5, 5.41) is 0. The Morgan fingerprint density at radius 1 is 1.03 bits per heavy atom. The molecule has 1 saturated carbocycles. The number of esters is 1. The minimum atomic E-state index is -3.60. The summed E-state index contributed by atoms with van der Waals surface area (Å²) in [5.41, 5.74) is 3.69. The SMILES string of the molecule is Cc1cc(C(=O)COC(=O)C2CCN(S(=O)(=O)c3ccc(C(C)C)cc3)CC2)c(C)n1C1CC1. The van der Waals surface area contributed by atoms with Crippen LogP contribution in [0.15, 0.2) is 35.2 Å². The number of ether oxygens (including phenoxy) is 1. The summed E-state index contributed by atoms with van der Waals surface area (Å²) in [6.07, 6.45) is 3.03. The predicted molar refractivity (Wildman–Crippen MR) is 129 cm³/mol. The maximum Gasteiger partial charge on any atom is 0.309 e. The molecule has 184 valence electrons. The van der Waals surface area contributed by atoms with Gasteiger partial charge in [0.15, 0.2) is 6.61 Å². The van der Waals surface area contributed by atoms with Gasteiger partial charge in [-0.25, -0.2) is 8.42 Å². The van der Waals surface area contributed by atoms with E-state index in [1.807, 2.05) is 32.0 Å². The number of carbonyl (C=O) groups excluding carboxylic acids is 2. The van der Waals surface area contributed by atoms with Crippen molar-refractivity contribution in [2.75, 3.05) is 19.7 Å². The normalized spacial score (nSPS) is 17.8. The second-order valence-corrected chi connectivity index (χ2v) is 11.8. The Bertz CT molecular complexity index is 1170. The van der Waals surface area contributed by atoms with Crippen molar-refractivity contribution in [1.82, 2.24) is 8.87 Å². The van der Waals surface area contributed by atoms with Crippen LogP contribution in [0.3, 0.4) is 0 Å². The van der Waals surface area contributed by atoms with Gasteiger partial charge < -0.3 is 9.30 Å². The molecule has 0 unspecified atom stereocenters. The number of aromatic nitrogens is 1.